The Balaban J connectivity index is 2.18. The lowest BCUT2D eigenvalue weighted by atomic mass is 9.92. The number of hydrogen-bond donors (Lipinski definition) is 2. The number of carbonyl (C=O) groups is 1. The van der Waals surface area contributed by atoms with Gasteiger partial charge in [-0.1, -0.05) is 36.3 Å². The molecule has 0 fully saturated rings. The van der Waals surface area contributed by atoms with Gasteiger partial charge in [-0.15, -0.1) is 6.42 Å². The van der Waals surface area contributed by atoms with Crippen molar-refractivity contribution in [2.45, 2.75) is 13.0 Å². The van der Waals surface area contributed by atoms with Gasteiger partial charge in [0.2, 0.25) is 0 Å². The second-order valence-electron chi connectivity index (χ2n) is 6.43. The number of benzene rings is 2. The summed E-state index contributed by atoms with van der Waals surface area (Å²) in [5.74, 6) is 2.93. The summed E-state index contributed by atoms with van der Waals surface area (Å²) in [7, 11) is 1.53. The quantitative estimate of drug-likeness (QED) is 0.338. The van der Waals surface area contributed by atoms with Crippen molar-refractivity contribution in [3.63, 3.8) is 0 Å². The number of esters is 1. The van der Waals surface area contributed by atoms with E-state index < -0.39 is 12.0 Å². The molecule has 1 atom stereocenters. The number of nitrogens with one attached hydrogen (secondary N) is 2. The van der Waals surface area contributed by atoms with Crippen LogP contribution in [-0.4, -0.2) is 31.4 Å². The molecule has 0 spiro atoms. The summed E-state index contributed by atoms with van der Waals surface area (Å²) in [6.07, 6.45) is 5.31. The van der Waals surface area contributed by atoms with Crippen molar-refractivity contribution in [1.82, 2.24) is 10.6 Å². The van der Waals surface area contributed by atoms with Gasteiger partial charge in [0.25, 0.3) is 0 Å². The normalized spacial score (nSPS) is 15.4. The van der Waals surface area contributed by atoms with Crippen molar-refractivity contribution in [3.05, 3.63) is 63.6 Å². The van der Waals surface area contributed by atoms with E-state index in [1.54, 1.807) is 13.0 Å². The van der Waals surface area contributed by atoms with Gasteiger partial charge in [-0.2, -0.15) is 0 Å². The minimum absolute atomic E-state index is 0.0934. The van der Waals surface area contributed by atoms with Gasteiger partial charge in [-0.25, -0.2) is 4.79 Å². The Morgan fingerprint density at radius 2 is 2.03 bits per heavy atom. The van der Waals surface area contributed by atoms with Crippen LogP contribution in [0.3, 0.4) is 0 Å². The molecular formula is C23H21BrN2O4S. The lowest BCUT2D eigenvalue weighted by molar-refractivity contribution is -0.138. The molecular weight excluding hydrogens is 480 g/mol. The van der Waals surface area contributed by atoms with Gasteiger partial charge in [-0.3, -0.25) is 0 Å². The number of ether oxygens (including phenoxy) is 3. The predicted octanol–water partition coefficient (Wildman–Crippen LogP) is 3.96. The van der Waals surface area contributed by atoms with Crippen LogP contribution in [0, 0.1) is 12.3 Å². The zero-order valence-electron chi connectivity index (χ0n) is 17.0. The zero-order valence-corrected chi connectivity index (χ0v) is 19.4. The number of halogens is 1. The molecule has 3 rings (SSSR count). The van der Waals surface area contributed by atoms with Crippen LogP contribution in [-0.2, 0) is 9.53 Å². The third-order valence-corrected chi connectivity index (χ3v) is 5.32. The van der Waals surface area contributed by atoms with Crippen molar-refractivity contribution in [3.8, 4) is 23.8 Å². The first-order valence-electron chi connectivity index (χ1n) is 9.48. The summed E-state index contributed by atoms with van der Waals surface area (Å²) in [6.45, 7) is 2.10. The highest BCUT2D eigenvalue weighted by Crippen LogP contribution is 2.41. The molecule has 160 valence electrons. The van der Waals surface area contributed by atoms with Crippen LogP contribution in [0.5, 0.6) is 11.5 Å². The Kier molecular flexibility index (Phi) is 7.55. The van der Waals surface area contributed by atoms with Crippen LogP contribution in [0.1, 0.15) is 24.1 Å². The zero-order chi connectivity index (χ0) is 22.4. The molecule has 1 aliphatic heterocycles. The standard InChI is InChI=1S/C23H21BrN2O4S/c1-4-11-30-21-16(24)12-15(13-17(21)28-3)20-18(22(27)29-5-2)19(25-23(31)26-20)14-9-7-6-8-10-14/h1,6-10,12-13,20H,5,11H2,2-3H3,(H2,25,26,31)/t20-/m1/s1. The molecule has 6 nitrogen and oxygen atoms in total. The van der Waals surface area contributed by atoms with Crippen molar-refractivity contribution in [1.29, 1.82) is 0 Å². The fourth-order valence-corrected chi connectivity index (χ4v) is 4.03. The van der Waals surface area contributed by atoms with Gasteiger partial charge in [0, 0.05) is 0 Å². The van der Waals surface area contributed by atoms with E-state index in [0.29, 0.717) is 32.4 Å². The van der Waals surface area contributed by atoms with E-state index in [1.165, 1.54) is 7.11 Å². The Bertz CT molecular complexity index is 1060. The smallest absolute Gasteiger partial charge is 0.338 e. The van der Waals surface area contributed by atoms with Gasteiger partial charge in [0.15, 0.2) is 16.6 Å². The molecule has 0 saturated carbocycles. The summed E-state index contributed by atoms with van der Waals surface area (Å²) < 4.78 is 17.1. The van der Waals surface area contributed by atoms with E-state index in [9.17, 15) is 4.79 Å². The molecule has 0 radical (unpaired) electrons. The first kappa shape index (κ1) is 22.7. The Hall–Kier alpha value is -3.02. The van der Waals surface area contributed by atoms with Crippen LogP contribution in [0.15, 0.2) is 52.5 Å². The number of rotatable bonds is 7. The molecule has 0 saturated heterocycles. The summed E-state index contributed by atoms with van der Waals surface area (Å²) in [6, 6.07) is 12.5. The Morgan fingerprint density at radius 1 is 1.29 bits per heavy atom. The van der Waals surface area contributed by atoms with Crippen LogP contribution in [0.4, 0.5) is 0 Å². The first-order valence-corrected chi connectivity index (χ1v) is 10.7. The molecule has 2 N–H and O–H groups in total. The van der Waals surface area contributed by atoms with Gasteiger partial charge in [0.1, 0.15) is 6.61 Å². The molecule has 0 aliphatic carbocycles. The van der Waals surface area contributed by atoms with Crippen molar-refractivity contribution in [2.75, 3.05) is 20.3 Å². The van der Waals surface area contributed by atoms with E-state index in [4.69, 9.17) is 32.9 Å². The summed E-state index contributed by atoms with van der Waals surface area (Å²) in [5, 5.41) is 6.68. The highest BCUT2D eigenvalue weighted by molar-refractivity contribution is 9.10. The maximum absolute atomic E-state index is 13.0. The largest absolute Gasteiger partial charge is 0.493 e. The highest BCUT2D eigenvalue weighted by atomic mass is 79.9. The second-order valence-corrected chi connectivity index (χ2v) is 7.70. The lowest BCUT2D eigenvalue weighted by Crippen LogP contribution is -2.45. The topological polar surface area (TPSA) is 68.8 Å². The summed E-state index contributed by atoms with van der Waals surface area (Å²) >= 11 is 8.96. The second kappa shape index (κ2) is 10.3. The molecule has 8 heteroatoms. The molecule has 2 aromatic carbocycles. The van der Waals surface area contributed by atoms with Gasteiger partial charge in [0.05, 0.1) is 35.5 Å². The van der Waals surface area contributed by atoms with Crippen LogP contribution in [0.25, 0.3) is 5.70 Å². The average molecular weight is 501 g/mol. The monoisotopic (exact) mass is 500 g/mol. The summed E-state index contributed by atoms with van der Waals surface area (Å²) in [4.78, 5) is 13.0. The van der Waals surface area contributed by atoms with Crippen LogP contribution in [0.2, 0.25) is 0 Å². The molecule has 1 heterocycles. The maximum atomic E-state index is 13.0. The fourth-order valence-electron chi connectivity index (χ4n) is 3.24. The highest BCUT2D eigenvalue weighted by Gasteiger charge is 2.34. The number of hydrogen-bond acceptors (Lipinski definition) is 5. The third kappa shape index (κ3) is 5.01. The molecule has 0 amide bonds. The third-order valence-electron chi connectivity index (χ3n) is 4.51. The number of terminal acetylenes is 1. The van der Waals surface area contributed by atoms with Gasteiger partial charge in [-0.05, 0) is 58.3 Å². The molecule has 1 aliphatic rings. The minimum Gasteiger partial charge on any atom is -0.493 e. The van der Waals surface area contributed by atoms with Gasteiger partial charge >= 0.3 is 5.97 Å². The van der Waals surface area contributed by atoms with E-state index >= 15 is 0 Å². The van der Waals surface area contributed by atoms with Crippen LogP contribution >= 0.6 is 28.1 Å². The number of thiocarbonyl (C=S) groups is 1. The van der Waals surface area contributed by atoms with E-state index in [2.05, 4.69) is 32.5 Å². The Morgan fingerprint density at radius 3 is 2.68 bits per heavy atom. The molecule has 31 heavy (non-hydrogen) atoms. The fraction of sp³-hybridized carbons (Fsp3) is 0.217. The van der Waals surface area contributed by atoms with Crippen LogP contribution < -0.4 is 20.1 Å². The van der Waals surface area contributed by atoms with Crippen molar-refractivity contribution >= 4 is 44.9 Å². The molecule has 2 aromatic rings. The average Bonchev–Trinajstić information content (AvgIpc) is 2.77. The lowest BCUT2D eigenvalue weighted by Gasteiger charge is -2.31. The maximum Gasteiger partial charge on any atom is 0.338 e. The number of carbonyl (C=O) groups excluding carboxylic acids is 1. The van der Waals surface area contributed by atoms with E-state index in [-0.39, 0.29) is 13.2 Å². The molecule has 0 aromatic heterocycles. The van der Waals surface area contributed by atoms with E-state index in [0.717, 1.165) is 11.1 Å². The molecule has 0 unspecified atom stereocenters. The Labute approximate surface area is 195 Å². The predicted molar refractivity (Wildman–Crippen MR) is 127 cm³/mol. The SMILES string of the molecule is C#CCOc1c(Br)cc([C@H]2NC(=S)NC(c3ccccc3)=C2C(=O)OCC)cc1OC. The first-order chi connectivity index (χ1) is 15.0. The van der Waals surface area contributed by atoms with Gasteiger partial charge < -0.3 is 24.8 Å². The summed E-state index contributed by atoms with van der Waals surface area (Å²) in [5.41, 5.74) is 2.56. The molecule has 0 bridgehead atoms. The van der Waals surface area contributed by atoms with Crippen molar-refractivity contribution < 1.29 is 19.0 Å². The minimum atomic E-state index is -0.574. The van der Waals surface area contributed by atoms with E-state index in [1.807, 2.05) is 36.4 Å². The number of methoxy groups -OCH3 is 1. The van der Waals surface area contributed by atoms with Crippen molar-refractivity contribution in [2.24, 2.45) is 0 Å².